The van der Waals surface area contributed by atoms with Crippen LogP contribution in [0.1, 0.15) is 41.2 Å². The van der Waals surface area contributed by atoms with Gasteiger partial charge in [-0.25, -0.2) is 15.0 Å². The van der Waals surface area contributed by atoms with Gasteiger partial charge < -0.3 is 20.5 Å². The van der Waals surface area contributed by atoms with Crippen LogP contribution in [0.15, 0.2) is 28.7 Å². The van der Waals surface area contributed by atoms with Gasteiger partial charge in [-0.15, -0.1) is 11.3 Å². The highest BCUT2D eigenvalue weighted by Gasteiger charge is 2.56. The molecule has 12 heteroatoms. The highest BCUT2D eigenvalue weighted by Crippen LogP contribution is 2.54. The zero-order valence-corrected chi connectivity index (χ0v) is 18.6. The van der Waals surface area contributed by atoms with E-state index in [1.165, 1.54) is 29.9 Å². The van der Waals surface area contributed by atoms with Crippen molar-refractivity contribution in [2.75, 3.05) is 17.7 Å². The number of aromatic nitrogens is 2. The molecule has 2 atom stereocenters. The molecule has 3 aliphatic rings. The molecule has 170 valence electrons. The summed E-state index contributed by atoms with van der Waals surface area (Å²) in [4.78, 5) is 25.8. The number of rotatable bonds is 5. The van der Waals surface area contributed by atoms with Crippen molar-refractivity contribution in [2.45, 2.75) is 43.4 Å². The minimum Gasteiger partial charge on any atom is -0.433 e. The maximum atomic E-state index is 12.5. The largest absolute Gasteiger partial charge is 0.433 e. The molecule has 1 spiro atoms. The predicted molar refractivity (Wildman–Crippen MR) is 117 cm³/mol. The molecular formula is C20H21F2N5O3S2. The third-order valence-corrected chi connectivity index (χ3v) is 8.17. The topological polar surface area (TPSA) is 112 Å². The van der Waals surface area contributed by atoms with Crippen molar-refractivity contribution in [3.05, 3.63) is 34.4 Å². The van der Waals surface area contributed by atoms with Gasteiger partial charge in [0.1, 0.15) is 27.8 Å². The number of nitrogens with two attached hydrogens (primary N) is 1. The van der Waals surface area contributed by atoms with Crippen LogP contribution in [0.4, 0.5) is 14.6 Å². The molecule has 1 amide bonds. The van der Waals surface area contributed by atoms with Crippen LogP contribution in [-0.4, -0.2) is 45.6 Å². The van der Waals surface area contributed by atoms with Gasteiger partial charge in [-0.1, -0.05) is 11.8 Å². The number of thioether (sulfide) groups is 1. The van der Waals surface area contributed by atoms with Gasteiger partial charge in [-0.05, 0) is 37.8 Å². The SMILES string of the molecule is NC1=N[C@]2(c3nc(NC(=O)c4ccc(OC(F)F)cn4)cs3)COC3(CCC3)C[C@@H]2CS1. The fraction of sp³-hybridized carbons (Fsp3) is 0.500. The van der Waals surface area contributed by atoms with Crippen LogP contribution in [0, 0.1) is 5.92 Å². The zero-order chi connectivity index (χ0) is 22.3. The highest BCUT2D eigenvalue weighted by molar-refractivity contribution is 8.13. The number of hydrogen-bond donors (Lipinski definition) is 2. The lowest BCUT2D eigenvalue weighted by atomic mass is 9.67. The number of aliphatic imine (C=N–C) groups is 1. The molecule has 8 nitrogen and oxygen atoms in total. The van der Waals surface area contributed by atoms with E-state index >= 15 is 0 Å². The van der Waals surface area contributed by atoms with E-state index < -0.39 is 18.1 Å². The molecule has 5 rings (SSSR count). The third kappa shape index (κ3) is 3.95. The number of carbonyl (C=O) groups excluding carboxylic acids is 1. The number of ether oxygens (including phenoxy) is 2. The van der Waals surface area contributed by atoms with Gasteiger partial charge in [0.25, 0.3) is 5.91 Å². The number of halogens is 2. The maximum absolute atomic E-state index is 12.5. The summed E-state index contributed by atoms with van der Waals surface area (Å²) in [5.41, 5.74) is 5.47. The van der Waals surface area contributed by atoms with E-state index in [1.807, 2.05) is 0 Å². The molecule has 2 fully saturated rings. The molecule has 2 aliphatic heterocycles. The molecule has 0 unspecified atom stereocenters. The molecular weight excluding hydrogens is 460 g/mol. The molecule has 0 aromatic carbocycles. The van der Waals surface area contributed by atoms with Crippen LogP contribution in [0.3, 0.4) is 0 Å². The van der Waals surface area contributed by atoms with Crippen molar-refractivity contribution < 1.29 is 23.0 Å². The number of alkyl halides is 2. The molecule has 1 saturated carbocycles. The Morgan fingerprint density at radius 1 is 1.38 bits per heavy atom. The van der Waals surface area contributed by atoms with Crippen LogP contribution in [0.25, 0.3) is 0 Å². The fourth-order valence-corrected chi connectivity index (χ4v) is 6.35. The number of thiazole rings is 1. The van der Waals surface area contributed by atoms with E-state index in [4.69, 9.17) is 15.5 Å². The maximum Gasteiger partial charge on any atom is 0.387 e. The molecule has 3 N–H and O–H groups in total. The summed E-state index contributed by atoms with van der Waals surface area (Å²) in [6.45, 7) is -2.53. The monoisotopic (exact) mass is 481 g/mol. The van der Waals surface area contributed by atoms with Crippen molar-refractivity contribution in [3.8, 4) is 5.75 Å². The smallest absolute Gasteiger partial charge is 0.387 e. The first-order chi connectivity index (χ1) is 15.4. The first-order valence-electron chi connectivity index (χ1n) is 10.2. The van der Waals surface area contributed by atoms with Crippen LogP contribution < -0.4 is 15.8 Å². The summed E-state index contributed by atoms with van der Waals surface area (Å²) in [6, 6.07) is 2.57. The standard InChI is InChI=1S/C20H21F2N5O3S2/c21-17(22)30-12-2-3-13(24-7-12)15(28)25-14-9-31-16(26-14)20-10-29-19(4-1-5-19)6-11(20)8-32-18(23)27-20/h2-3,7,9,11,17H,1,4-6,8,10H2,(H2,23,27)(H,25,28)/t11-,20-/m1/s1. The molecule has 2 aromatic heterocycles. The summed E-state index contributed by atoms with van der Waals surface area (Å²) in [6.07, 6.45) is 5.35. The molecule has 2 aromatic rings. The van der Waals surface area contributed by atoms with E-state index in [0.29, 0.717) is 17.6 Å². The van der Waals surface area contributed by atoms with Gasteiger partial charge in [0, 0.05) is 17.1 Å². The number of hydrogen-bond acceptors (Lipinski definition) is 9. The van der Waals surface area contributed by atoms with E-state index in [9.17, 15) is 13.6 Å². The van der Waals surface area contributed by atoms with Crippen LogP contribution in [0.5, 0.6) is 5.75 Å². The van der Waals surface area contributed by atoms with Crippen LogP contribution in [-0.2, 0) is 10.3 Å². The Balaban J connectivity index is 1.33. The van der Waals surface area contributed by atoms with E-state index in [1.54, 1.807) is 17.1 Å². The summed E-state index contributed by atoms with van der Waals surface area (Å²) < 4.78 is 35.1. The Bertz CT molecular complexity index is 1040. The van der Waals surface area contributed by atoms with Gasteiger partial charge in [0.15, 0.2) is 5.17 Å². The van der Waals surface area contributed by atoms with Gasteiger partial charge in [0.05, 0.1) is 18.4 Å². The number of nitrogens with one attached hydrogen (secondary N) is 1. The van der Waals surface area contributed by atoms with Gasteiger partial charge in [0.2, 0.25) is 0 Å². The average molecular weight is 482 g/mol. The van der Waals surface area contributed by atoms with Crippen molar-refractivity contribution >= 4 is 40.0 Å². The second kappa shape index (κ2) is 8.23. The minimum absolute atomic E-state index is 0.0312. The lowest BCUT2D eigenvalue weighted by molar-refractivity contribution is -0.169. The van der Waals surface area contributed by atoms with Crippen molar-refractivity contribution in [2.24, 2.45) is 16.6 Å². The summed E-state index contributed by atoms with van der Waals surface area (Å²) in [7, 11) is 0. The Morgan fingerprint density at radius 2 is 2.22 bits per heavy atom. The first-order valence-corrected chi connectivity index (χ1v) is 12.0. The summed E-state index contributed by atoms with van der Waals surface area (Å²) >= 11 is 2.97. The van der Waals surface area contributed by atoms with Gasteiger partial charge >= 0.3 is 6.61 Å². The third-order valence-electron chi connectivity index (χ3n) is 6.21. The Kier molecular flexibility index (Phi) is 5.54. The fourth-order valence-electron chi connectivity index (χ4n) is 4.39. The first kappa shape index (κ1) is 21.5. The van der Waals surface area contributed by atoms with E-state index in [-0.39, 0.29) is 23.0 Å². The minimum atomic E-state index is -2.95. The van der Waals surface area contributed by atoms with Gasteiger partial charge in [-0.2, -0.15) is 8.78 Å². The molecule has 1 saturated heterocycles. The quantitative estimate of drug-likeness (QED) is 0.671. The van der Waals surface area contributed by atoms with E-state index in [0.717, 1.165) is 36.2 Å². The number of amides is 1. The van der Waals surface area contributed by atoms with Crippen molar-refractivity contribution in [3.63, 3.8) is 0 Å². The summed E-state index contributed by atoms with van der Waals surface area (Å²) in [5.74, 6) is 0.861. The zero-order valence-electron chi connectivity index (χ0n) is 16.9. The Hall–Kier alpha value is -2.31. The molecule has 0 bridgehead atoms. The van der Waals surface area contributed by atoms with Crippen LogP contribution in [0.2, 0.25) is 0 Å². The normalized spacial score (nSPS) is 26.2. The van der Waals surface area contributed by atoms with Crippen LogP contribution >= 0.6 is 23.1 Å². The predicted octanol–water partition coefficient (Wildman–Crippen LogP) is 3.61. The lowest BCUT2D eigenvalue weighted by Gasteiger charge is -2.53. The Morgan fingerprint density at radius 3 is 2.91 bits per heavy atom. The molecule has 4 heterocycles. The van der Waals surface area contributed by atoms with E-state index in [2.05, 4.69) is 20.0 Å². The number of amidine groups is 1. The molecule has 32 heavy (non-hydrogen) atoms. The number of carbonyl (C=O) groups is 1. The second-order valence-corrected chi connectivity index (χ2v) is 10.1. The number of nitrogens with zero attached hydrogens (tertiary/aromatic N) is 3. The summed E-state index contributed by atoms with van der Waals surface area (Å²) in [5, 5.41) is 5.72. The molecule has 0 radical (unpaired) electrons. The second-order valence-electron chi connectivity index (χ2n) is 8.16. The number of fused-ring (bicyclic) bond motifs is 1. The lowest BCUT2D eigenvalue weighted by Crippen LogP contribution is -2.57. The number of pyridine rings is 1. The molecule has 1 aliphatic carbocycles. The average Bonchev–Trinajstić information content (AvgIpc) is 3.21. The number of anilines is 1. The highest BCUT2D eigenvalue weighted by atomic mass is 32.2. The van der Waals surface area contributed by atoms with Gasteiger partial charge in [-0.3, -0.25) is 4.79 Å². The van der Waals surface area contributed by atoms with Crippen molar-refractivity contribution in [1.29, 1.82) is 0 Å². The Labute approximate surface area is 191 Å². The van der Waals surface area contributed by atoms with Crippen molar-refractivity contribution in [1.82, 2.24) is 9.97 Å².